The van der Waals surface area contributed by atoms with Crippen LogP contribution in [0.1, 0.15) is 43.7 Å². The highest BCUT2D eigenvalue weighted by Gasteiger charge is 2.38. The predicted molar refractivity (Wildman–Crippen MR) is 125 cm³/mol. The summed E-state index contributed by atoms with van der Waals surface area (Å²) in [6, 6.07) is 18.0. The number of ether oxygens (including phenoxy) is 1. The lowest BCUT2D eigenvalue weighted by atomic mass is 9.94. The molecule has 1 aliphatic heterocycles. The summed E-state index contributed by atoms with van der Waals surface area (Å²) < 4.78 is 5.27. The van der Waals surface area contributed by atoms with Crippen molar-refractivity contribution in [3.63, 3.8) is 0 Å². The molecule has 0 radical (unpaired) electrons. The molecule has 170 valence electrons. The SMILES string of the molecule is COc1ccc(CN(C(=O)C2CCCN(C(=O)Cc3ccccc3)C2)C(C)C2CC2)cc1. The number of piperidine rings is 1. The Labute approximate surface area is 191 Å². The Morgan fingerprint density at radius 2 is 1.75 bits per heavy atom. The molecule has 4 rings (SSSR count). The van der Waals surface area contributed by atoms with Gasteiger partial charge in [-0.3, -0.25) is 9.59 Å². The largest absolute Gasteiger partial charge is 0.497 e. The maximum Gasteiger partial charge on any atom is 0.228 e. The fourth-order valence-corrected chi connectivity index (χ4v) is 4.71. The van der Waals surface area contributed by atoms with Crippen LogP contribution in [0.4, 0.5) is 0 Å². The van der Waals surface area contributed by atoms with E-state index < -0.39 is 0 Å². The van der Waals surface area contributed by atoms with Crippen LogP contribution in [0.25, 0.3) is 0 Å². The summed E-state index contributed by atoms with van der Waals surface area (Å²) in [6.07, 6.45) is 4.52. The summed E-state index contributed by atoms with van der Waals surface area (Å²) >= 11 is 0. The van der Waals surface area contributed by atoms with Gasteiger partial charge in [0.15, 0.2) is 0 Å². The third-order valence-electron chi connectivity index (χ3n) is 6.91. The third-order valence-corrected chi connectivity index (χ3v) is 6.91. The normalized spacial score (nSPS) is 19.3. The van der Waals surface area contributed by atoms with Crippen LogP contribution in [0, 0.1) is 11.8 Å². The van der Waals surface area contributed by atoms with Gasteiger partial charge in [-0.1, -0.05) is 42.5 Å². The van der Waals surface area contributed by atoms with Crippen LogP contribution in [-0.2, 0) is 22.6 Å². The summed E-state index contributed by atoms with van der Waals surface area (Å²) in [6.45, 7) is 4.06. The standard InChI is InChI=1S/C27H34N2O3/c1-20(23-12-13-23)29(18-22-10-14-25(32-2)15-11-22)27(31)24-9-6-16-28(19-24)26(30)17-21-7-4-3-5-8-21/h3-5,7-8,10-11,14-15,20,23-24H,6,9,12-13,16-19H2,1-2H3. The van der Waals surface area contributed by atoms with Gasteiger partial charge >= 0.3 is 0 Å². The molecule has 32 heavy (non-hydrogen) atoms. The van der Waals surface area contributed by atoms with Gasteiger partial charge in [0.1, 0.15) is 5.75 Å². The van der Waals surface area contributed by atoms with E-state index in [0.717, 1.165) is 36.3 Å². The summed E-state index contributed by atoms with van der Waals surface area (Å²) in [5, 5.41) is 0. The Kier molecular flexibility index (Phi) is 7.13. The predicted octanol–water partition coefficient (Wildman–Crippen LogP) is 4.30. The highest BCUT2D eigenvalue weighted by Crippen LogP contribution is 2.37. The molecule has 2 atom stereocenters. The van der Waals surface area contributed by atoms with Gasteiger partial charge in [-0.15, -0.1) is 0 Å². The summed E-state index contributed by atoms with van der Waals surface area (Å²) in [7, 11) is 1.66. The van der Waals surface area contributed by atoms with Crippen molar-refractivity contribution in [3.05, 3.63) is 65.7 Å². The van der Waals surface area contributed by atoms with E-state index in [0.29, 0.717) is 25.4 Å². The first kappa shape index (κ1) is 22.4. The molecule has 1 saturated heterocycles. The van der Waals surface area contributed by atoms with E-state index in [2.05, 4.69) is 11.8 Å². The van der Waals surface area contributed by atoms with Crippen LogP contribution >= 0.6 is 0 Å². The first-order chi connectivity index (χ1) is 15.5. The first-order valence-electron chi connectivity index (χ1n) is 11.8. The fraction of sp³-hybridized carbons (Fsp3) is 0.481. The number of nitrogens with zero attached hydrogens (tertiary/aromatic N) is 2. The number of carbonyl (C=O) groups excluding carboxylic acids is 2. The molecule has 1 saturated carbocycles. The smallest absolute Gasteiger partial charge is 0.228 e. The van der Waals surface area contributed by atoms with E-state index in [-0.39, 0.29) is 23.8 Å². The second kappa shape index (κ2) is 10.2. The number of rotatable bonds is 8. The molecule has 2 amide bonds. The fourth-order valence-electron chi connectivity index (χ4n) is 4.71. The third kappa shape index (κ3) is 5.50. The molecule has 2 fully saturated rings. The van der Waals surface area contributed by atoms with E-state index in [1.165, 1.54) is 12.8 Å². The Morgan fingerprint density at radius 1 is 1.03 bits per heavy atom. The molecule has 0 N–H and O–H groups in total. The Bertz CT molecular complexity index is 908. The van der Waals surface area contributed by atoms with Gasteiger partial charge in [0.2, 0.25) is 11.8 Å². The molecule has 1 heterocycles. The maximum absolute atomic E-state index is 13.7. The molecule has 0 spiro atoms. The molecule has 0 bridgehead atoms. The number of hydrogen-bond acceptors (Lipinski definition) is 3. The zero-order valence-corrected chi connectivity index (χ0v) is 19.2. The molecule has 0 aromatic heterocycles. The van der Waals surface area contributed by atoms with E-state index in [4.69, 9.17) is 4.74 Å². The highest BCUT2D eigenvalue weighted by atomic mass is 16.5. The number of carbonyl (C=O) groups is 2. The van der Waals surface area contributed by atoms with Crippen molar-refractivity contribution in [1.29, 1.82) is 0 Å². The van der Waals surface area contributed by atoms with Crippen LogP contribution in [-0.4, -0.2) is 47.9 Å². The van der Waals surface area contributed by atoms with Gasteiger partial charge in [-0.05, 0) is 61.8 Å². The minimum atomic E-state index is -0.122. The second-order valence-corrected chi connectivity index (χ2v) is 9.23. The average molecular weight is 435 g/mol. The highest BCUT2D eigenvalue weighted by molar-refractivity contribution is 5.82. The molecule has 5 nitrogen and oxygen atoms in total. The average Bonchev–Trinajstić information content (AvgIpc) is 3.68. The minimum absolute atomic E-state index is 0.116. The van der Waals surface area contributed by atoms with Crippen molar-refractivity contribution in [1.82, 2.24) is 9.80 Å². The summed E-state index contributed by atoms with van der Waals surface area (Å²) in [5.41, 5.74) is 2.13. The van der Waals surface area contributed by atoms with Crippen molar-refractivity contribution < 1.29 is 14.3 Å². The lowest BCUT2D eigenvalue weighted by Gasteiger charge is -2.37. The van der Waals surface area contributed by atoms with Crippen LogP contribution in [0.15, 0.2) is 54.6 Å². The quantitative estimate of drug-likeness (QED) is 0.622. The van der Waals surface area contributed by atoms with Gasteiger partial charge in [-0.2, -0.15) is 0 Å². The van der Waals surface area contributed by atoms with E-state index in [1.54, 1.807) is 7.11 Å². The molecule has 1 aliphatic carbocycles. The van der Waals surface area contributed by atoms with Gasteiger partial charge in [-0.25, -0.2) is 0 Å². The first-order valence-corrected chi connectivity index (χ1v) is 11.8. The molecule has 2 aromatic carbocycles. The molecule has 2 aromatic rings. The van der Waals surface area contributed by atoms with Crippen molar-refractivity contribution >= 4 is 11.8 Å². The number of methoxy groups -OCH3 is 1. The van der Waals surface area contributed by atoms with Gasteiger partial charge in [0, 0.05) is 25.7 Å². The Balaban J connectivity index is 1.44. The molecule has 5 heteroatoms. The maximum atomic E-state index is 13.7. The van der Waals surface area contributed by atoms with Gasteiger partial charge < -0.3 is 14.5 Å². The minimum Gasteiger partial charge on any atom is -0.497 e. The van der Waals surface area contributed by atoms with E-state index in [9.17, 15) is 9.59 Å². The number of hydrogen-bond donors (Lipinski definition) is 0. The molecule has 2 aliphatic rings. The lowest BCUT2D eigenvalue weighted by Crippen LogP contribution is -2.49. The number of benzene rings is 2. The van der Waals surface area contributed by atoms with Crippen molar-refractivity contribution in [2.45, 2.75) is 51.6 Å². The topological polar surface area (TPSA) is 49.9 Å². The van der Waals surface area contributed by atoms with Crippen LogP contribution in [0.3, 0.4) is 0 Å². The lowest BCUT2D eigenvalue weighted by molar-refractivity contribution is -0.143. The zero-order valence-electron chi connectivity index (χ0n) is 19.2. The van der Waals surface area contributed by atoms with E-state index in [1.807, 2.05) is 59.5 Å². The molecular weight excluding hydrogens is 400 g/mol. The zero-order chi connectivity index (χ0) is 22.5. The van der Waals surface area contributed by atoms with Gasteiger partial charge in [0.05, 0.1) is 19.4 Å². The van der Waals surface area contributed by atoms with Crippen molar-refractivity contribution in [2.24, 2.45) is 11.8 Å². The van der Waals surface area contributed by atoms with Crippen molar-refractivity contribution in [3.8, 4) is 5.75 Å². The Hall–Kier alpha value is -2.82. The Morgan fingerprint density at radius 3 is 2.41 bits per heavy atom. The summed E-state index contributed by atoms with van der Waals surface area (Å²) in [4.78, 5) is 30.5. The van der Waals surface area contributed by atoms with Crippen LogP contribution < -0.4 is 4.74 Å². The number of amides is 2. The second-order valence-electron chi connectivity index (χ2n) is 9.23. The molecule has 2 unspecified atom stereocenters. The van der Waals surface area contributed by atoms with Crippen LogP contribution in [0.2, 0.25) is 0 Å². The monoisotopic (exact) mass is 434 g/mol. The summed E-state index contributed by atoms with van der Waals surface area (Å²) in [5.74, 6) is 1.60. The van der Waals surface area contributed by atoms with Gasteiger partial charge in [0.25, 0.3) is 0 Å². The molecular formula is C27H34N2O3. The van der Waals surface area contributed by atoms with E-state index >= 15 is 0 Å². The van der Waals surface area contributed by atoms with Crippen LogP contribution in [0.5, 0.6) is 5.75 Å². The van der Waals surface area contributed by atoms with Crippen molar-refractivity contribution in [2.75, 3.05) is 20.2 Å². The number of likely N-dealkylation sites (tertiary alicyclic amines) is 1.